The highest BCUT2D eigenvalue weighted by atomic mass is 35.5. The van der Waals surface area contributed by atoms with Crippen LogP contribution in [0.25, 0.3) is 10.8 Å². The Morgan fingerprint density at radius 2 is 1.45 bits per heavy atom. The summed E-state index contributed by atoms with van der Waals surface area (Å²) >= 11 is 0. The monoisotopic (exact) mass is 588 g/mol. The Hall–Kier alpha value is -4.24. The summed E-state index contributed by atoms with van der Waals surface area (Å²) in [5.41, 5.74) is 7.85. The van der Waals surface area contributed by atoms with Crippen molar-refractivity contribution in [1.82, 2.24) is 15.5 Å². The van der Waals surface area contributed by atoms with E-state index in [2.05, 4.69) is 10.6 Å². The maximum Gasteiger partial charge on any atom is 0.254 e. The second-order valence-corrected chi connectivity index (χ2v) is 9.97. The molecular weight excluding hydrogens is 552 g/mol. The number of carbonyl (C=O) groups excluding carboxylic acids is 3. The first-order valence-corrected chi connectivity index (χ1v) is 13.7. The molecule has 2 atom stereocenters. The van der Waals surface area contributed by atoms with E-state index >= 15 is 0 Å². The molecule has 0 saturated carbocycles. The first-order chi connectivity index (χ1) is 19.9. The van der Waals surface area contributed by atoms with Gasteiger partial charge in [0.05, 0.1) is 6.10 Å². The highest BCUT2D eigenvalue weighted by Crippen LogP contribution is 2.17. The quantitative estimate of drug-likeness (QED) is 0.190. The molecule has 8 nitrogen and oxygen atoms in total. The second kappa shape index (κ2) is 16.3. The van der Waals surface area contributed by atoms with Crippen molar-refractivity contribution < 1.29 is 19.5 Å². The number of hydrogen-bond donors (Lipinski definition) is 4. The molecule has 0 saturated heterocycles. The zero-order valence-electron chi connectivity index (χ0n) is 23.3. The van der Waals surface area contributed by atoms with Gasteiger partial charge in [0.15, 0.2) is 0 Å². The lowest BCUT2D eigenvalue weighted by atomic mass is 10.0. The summed E-state index contributed by atoms with van der Waals surface area (Å²) in [6.07, 6.45) is -0.609. The lowest BCUT2D eigenvalue weighted by molar-refractivity contribution is -0.129. The van der Waals surface area contributed by atoms with Gasteiger partial charge in [-0.2, -0.15) is 0 Å². The fourth-order valence-corrected chi connectivity index (χ4v) is 4.56. The summed E-state index contributed by atoms with van der Waals surface area (Å²) in [5, 5.41) is 17.5. The molecule has 3 amide bonds. The van der Waals surface area contributed by atoms with Crippen molar-refractivity contribution >= 4 is 40.9 Å². The number of rotatable bonds is 13. The zero-order chi connectivity index (χ0) is 29.0. The lowest BCUT2D eigenvalue weighted by Crippen LogP contribution is -2.50. The summed E-state index contributed by atoms with van der Waals surface area (Å²) in [6.45, 7) is 0.509. The van der Waals surface area contributed by atoms with Gasteiger partial charge >= 0.3 is 0 Å². The van der Waals surface area contributed by atoms with E-state index < -0.39 is 18.1 Å². The molecule has 0 radical (unpaired) electrons. The van der Waals surface area contributed by atoms with Gasteiger partial charge < -0.3 is 26.4 Å². The number of aliphatic hydroxyl groups is 1. The maximum atomic E-state index is 13.3. The van der Waals surface area contributed by atoms with E-state index in [1.54, 1.807) is 29.2 Å². The summed E-state index contributed by atoms with van der Waals surface area (Å²) in [7, 11) is 0. The average molecular weight is 589 g/mol. The fraction of sp³-hybridized carbons (Fsp3) is 0.242. The van der Waals surface area contributed by atoms with Gasteiger partial charge in [0.1, 0.15) is 6.04 Å². The third-order valence-corrected chi connectivity index (χ3v) is 6.82. The standard InChI is InChI=1S/C33H36N4O4.ClH/c34-21-29(38)22-35-32(40)30(20-25-15-16-26-11-7-8-14-28(26)19-25)36-31(39)17-18-37(23-24-9-3-1-4-10-24)33(41)27-12-5-2-6-13-27;/h1-16,19,29-30,38H,17-18,20-23,34H2,(H,35,40)(H,36,39);1H/t29?,30-;/m1./s1. The maximum absolute atomic E-state index is 13.3. The van der Waals surface area contributed by atoms with E-state index in [-0.39, 0.29) is 56.7 Å². The number of nitrogens with zero attached hydrogens (tertiary/aromatic N) is 1. The van der Waals surface area contributed by atoms with Gasteiger partial charge in [-0.3, -0.25) is 14.4 Å². The van der Waals surface area contributed by atoms with E-state index in [0.29, 0.717) is 12.1 Å². The molecule has 0 aliphatic rings. The molecule has 0 fully saturated rings. The number of aliphatic hydroxyl groups excluding tert-OH is 1. The van der Waals surface area contributed by atoms with E-state index in [9.17, 15) is 19.5 Å². The number of benzene rings is 4. The Balaban J connectivity index is 0.00000484. The Bertz CT molecular complexity index is 1450. The van der Waals surface area contributed by atoms with Gasteiger partial charge in [0.2, 0.25) is 11.8 Å². The van der Waals surface area contributed by atoms with Crippen molar-refractivity contribution in [1.29, 1.82) is 0 Å². The molecule has 4 aromatic rings. The van der Waals surface area contributed by atoms with Crippen molar-refractivity contribution in [2.75, 3.05) is 19.6 Å². The Kier molecular flexibility index (Phi) is 12.5. The molecular formula is C33H37ClN4O4. The highest BCUT2D eigenvalue weighted by Gasteiger charge is 2.23. The zero-order valence-corrected chi connectivity index (χ0v) is 24.1. The normalized spacial score (nSPS) is 12.0. The largest absolute Gasteiger partial charge is 0.390 e. The number of halogens is 1. The van der Waals surface area contributed by atoms with Crippen LogP contribution >= 0.6 is 12.4 Å². The van der Waals surface area contributed by atoms with Gasteiger partial charge in [-0.05, 0) is 34.0 Å². The third kappa shape index (κ3) is 9.41. The molecule has 0 aliphatic carbocycles. The van der Waals surface area contributed by atoms with Crippen LogP contribution in [0.15, 0.2) is 103 Å². The molecule has 4 rings (SSSR count). The fourth-order valence-electron chi connectivity index (χ4n) is 4.56. The summed E-state index contributed by atoms with van der Waals surface area (Å²) in [6, 6.07) is 31.5. The minimum atomic E-state index is -0.883. The predicted molar refractivity (Wildman–Crippen MR) is 167 cm³/mol. The van der Waals surface area contributed by atoms with Crippen LogP contribution in [0.1, 0.15) is 27.9 Å². The van der Waals surface area contributed by atoms with Crippen LogP contribution in [0.2, 0.25) is 0 Å². The minimum Gasteiger partial charge on any atom is -0.390 e. The van der Waals surface area contributed by atoms with E-state index in [1.165, 1.54) is 0 Å². The second-order valence-electron chi connectivity index (χ2n) is 9.97. The first kappa shape index (κ1) is 32.3. The van der Waals surface area contributed by atoms with Gasteiger partial charge in [-0.15, -0.1) is 12.4 Å². The van der Waals surface area contributed by atoms with Crippen LogP contribution in [-0.4, -0.2) is 59.5 Å². The Morgan fingerprint density at radius 1 is 0.810 bits per heavy atom. The first-order valence-electron chi connectivity index (χ1n) is 13.7. The van der Waals surface area contributed by atoms with Gasteiger partial charge in [-0.1, -0.05) is 91.0 Å². The molecule has 0 aliphatic heterocycles. The average Bonchev–Trinajstić information content (AvgIpc) is 3.01. The molecule has 1 unspecified atom stereocenters. The highest BCUT2D eigenvalue weighted by molar-refractivity contribution is 5.94. The van der Waals surface area contributed by atoms with Crippen LogP contribution in [0.4, 0.5) is 0 Å². The van der Waals surface area contributed by atoms with E-state index in [0.717, 1.165) is 21.9 Å². The van der Waals surface area contributed by atoms with Crippen molar-refractivity contribution in [2.45, 2.75) is 31.5 Å². The van der Waals surface area contributed by atoms with Crippen molar-refractivity contribution in [2.24, 2.45) is 5.73 Å². The minimum absolute atomic E-state index is 0. The number of fused-ring (bicyclic) bond motifs is 1. The molecule has 5 N–H and O–H groups in total. The molecule has 0 heterocycles. The Labute approximate surface area is 252 Å². The molecule has 220 valence electrons. The van der Waals surface area contributed by atoms with Gasteiger partial charge in [0.25, 0.3) is 5.91 Å². The summed E-state index contributed by atoms with van der Waals surface area (Å²) in [5.74, 6) is -0.951. The number of amides is 3. The molecule has 0 spiro atoms. The van der Waals surface area contributed by atoms with Crippen LogP contribution < -0.4 is 16.4 Å². The van der Waals surface area contributed by atoms with Crippen LogP contribution in [0.5, 0.6) is 0 Å². The Morgan fingerprint density at radius 3 is 2.14 bits per heavy atom. The smallest absolute Gasteiger partial charge is 0.254 e. The van der Waals surface area contributed by atoms with Gasteiger partial charge in [-0.25, -0.2) is 0 Å². The predicted octanol–water partition coefficient (Wildman–Crippen LogP) is 3.46. The SMILES string of the molecule is Cl.NCC(O)CNC(=O)[C@@H](Cc1ccc2ccccc2c1)NC(=O)CCN(Cc1ccccc1)C(=O)c1ccccc1. The summed E-state index contributed by atoms with van der Waals surface area (Å²) in [4.78, 5) is 41.2. The number of carbonyl (C=O) groups is 3. The van der Waals surface area contributed by atoms with Crippen LogP contribution in [-0.2, 0) is 22.6 Å². The molecule has 9 heteroatoms. The van der Waals surface area contributed by atoms with E-state index in [4.69, 9.17) is 5.73 Å². The van der Waals surface area contributed by atoms with Crippen LogP contribution in [0, 0.1) is 0 Å². The lowest BCUT2D eigenvalue weighted by Gasteiger charge is -2.24. The molecule has 42 heavy (non-hydrogen) atoms. The van der Waals surface area contributed by atoms with Crippen molar-refractivity contribution in [3.8, 4) is 0 Å². The molecule has 0 bridgehead atoms. The molecule has 4 aromatic carbocycles. The topological polar surface area (TPSA) is 125 Å². The number of nitrogens with one attached hydrogen (secondary N) is 2. The van der Waals surface area contributed by atoms with E-state index in [1.807, 2.05) is 78.9 Å². The van der Waals surface area contributed by atoms with Crippen molar-refractivity contribution in [3.63, 3.8) is 0 Å². The van der Waals surface area contributed by atoms with Crippen molar-refractivity contribution in [3.05, 3.63) is 120 Å². The summed E-state index contributed by atoms with van der Waals surface area (Å²) < 4.78 is 0. The number of hydrogen-bond acceptors (Lipinski definition) is 5. The number of nitrogens with two attached hydrogens (primary N) is 1. The van der Waals surface area contributed by atoms with Gasteiger partial charge in [0, 0.05) is 44.6 Å². The third-order valence-electron chi connectivity index (χ3n) is 6.82. The van der Waals surface area contributed by atoms with Crippen LogP contribution in [0.3, 0.4) is 0 Å². The molecule has 0 aromatic heterocycles.